The van der Waals surface area contributed by atoms with Crippen LogP contribution in [-0.2, 0) is 6.54 Å². The molecule has 0 amide bonds. The molecule has 1 unspecified atom stereocenters. The molecule has 1 saturated heterocycles. The first-order valence-corrected chi connectivity index (χ1v) is 5.94. The Balaban J connectivity index is 1.98. The molecule has 0 bridgehead atoms. The van der Waals surface area contributed by atoms with Crippen LogP contribution in [0.25, 0.3) is 0 Å². The van der Waals surface area contributed by atoms with Gasteiger partial charge in [0.05, 0.1) is 5.92 Å². The zero-order valence-corrected chi connectivity index (χ0v) is 9.95. The average molecular weight is 259 g/mol. The van der Waals surface area contributed by atoms with Crippen molar-refractivity contribution >= 4 is 5.82 Å². The van der Waals surface area contributed by atoms with Crippen molar-refractivity contribution in [1.82, 2.24) is 9.88 Å². The Morgan fingerprint density at radius 2 is 2.22 bits per heavy atom. The first-order valence-electron chi connectivity index (χ1n) is 5.94. The molecule has 1 aromatic heterocycles. The van der Waals surface area contributed by atoms with Crippen LogP contribution in [-0.4, -0.2) is 29.1 Å². The van der Waals surface area contributed by atoms with Crippen molar-refractivity contribution < 1.29 is 13.2 Å². The summed E-state index contributed by atoms with van der Waals surface area (Å²) in [5.41, 5.74) is 6.46. The predicted octanol–water partition coefficient (Wildman–Crippen LogP) is 2.44. The predicted molar refractivity (Wildman–Crippen MR) is 62.7 cm³/mol. The first kappa shape index (κ1) is 13.1. The molecule has 2 N–H and O–H groups in total. The number of nitrogens with two attached hydrogens (primary N) is 1. The number of piperidine rings is 1. The highest BCUT2D eigenvalue weighted by Crippen LogP contribution is 2.33. The van der Waals surface area contributed by atoms with Crippen molar-refractivity contribution in [2.24, 2.45) is 5.92 Å². The Labute approximate surface area is 104 Å². The molecule has 18 heavy (non-hydrogen) atoms. The van der Waals surface area contributed by atoms with Crippen LogP contribution in [0.4, 0.5) is 19.0 Å². The summed E-state index contributed by atoms with van der Waals surface area (Å²) in [7, 11) is 0. The Morgan fingerprint density at radius 1 is 1.44 bits per heavy atom. The number of nitrogens with zero attached hydrogens (tertiary/aromatic N) is 2. The minimum absolute atomic E-state index is 0.0751. The number of nitrogen functional groups attached to an aromatic ring is 1. The second-order valence-corrected chi connectivity index (χ2v) is 4.70. The van der Waals surface area contributed by atoms with Crippen molar-refractivity contribution in [1.29, 1.82) is 0 Å². The van der Waals surface area contributed by atoms with Crippen LogP contribution in [0.2, 0.25) is 0 Å². The third-order valence-corrected chi connectivity index (χ3v) is 3.22. The number of alkyl halides is 3. The quantitative estimate of drug-likeness (QED) is 0.887. The number of hydrogen-bond donors (Lipinski definition) is 1. The van der Waals surface area contributed by atoms with Crippen LogP contribution in [0.1, 0.15) is 18.4 Å². The second-order valence-electron chi connectivity index (χ2n) is 4.70. The molecule has 1 aromatic rings. The summed E-state index contributed by atoms with van der Waals surface area (Å²) in [4.78, 5) is 5.70. The molecule has 1 fully saturated rings. The van der Waals surface area contributed by atoms with Gasteiger partial charge in [0.25, 0.3) is 0 Å². The maximum absolute atomic E-state index is 12.7. The molecule has 2 heterocycles. The zero-order valence-electron chi connectivity index (χ0n) is 9.95. The molecule has 0 aliphatic carbocycles. The molecule has 0 spiro atoms. The van der Waals surface area contributed by atoms with Crippen molar-refractivity contribution in [2.45, 2.75) is 25.6 Å². The Hall–Kier alpha value is -1.30. The van der Waals surface area contributed by atoms with Crippen LogP contribution in [0.5, 0.6) is 0 Å². The van der Waals surface area contributed by atoms with Gasteiger partial charge in [0.2, 0.25) is 0 Å². The number of rotatable bonds is 2. The molecule has 1 atom stereocenters. The van der Waals surface area contributed by atoms with Crippen LogP contribution in [0.15, 0.2) is 18.3 Å². The SMILES string of the molecule is Nc1cc(CN2CCCC(C(F)(F)F)C2)ccn1. The molecular weight excluding hydrogens is 243 g/mol. The molecular formula is C12H16F3N3. The molecule has 2 rings (SSSR count). The highest BCUT2D eigenvalue weighted by atomic mass is 19.4. The molecule has 1 aliphatic rings. The van der Waals surface area contributed by atoms with Gasteiger partial charge in [-0.1, -0.05) is 0 Å². The Kier molecular flexibility index (Phi) is 3.75. The van der Waals surface area contributed by atoms with Crippen molar-refractivity contribution in [2.75, 3.05) is 18.8 Å². The summed E-state index contributed by atoms with van der Waals surface area (Å²) in [5.74, 6) is -0.803. The molecule has 1 aliphatic heterocycles. The van der Waals surface area contributed by atoms with Gasteiger partial charge < -0.3 is 5.73 Å². The second kappa shape index (κ2) is 5.14. The number of halogens is 3. The number of aromatic nitrogens is 1. The van der Waals surface area contributed by atoms with Gasteiger partial charge in [-0.05, 0) is 37.1 Å². The van der Waals surface area contributed by atoms with Gasteiger partial charge in [0, 0.05) is 19.3 Å². The number of hydrogen-bond acceptors (Lipinski definition) is 3. The topological polar surface area (TPSA) is 42.1 Å². The van der Waals surface area contributed by atoms with Gasteiger partial charge in [-0.15, -0.1) is 0 Å². The van der Waals surface area contributed by atoms with E-state index in [0.717, 1.165) is 5.56 Å². The normalized spacial score (nSPS) is 22.1. The summed E-state index contributed by atoms with van der Waals surface area (Å²) in [6, 6.07) is 3.49. The standard InChI is InChI=1S/C12H16F3N3/c13-12(14,15)10-2-1-5-18(8-10)7-9-3-4-17-11(16)6-9/h3-4,6,10H,1-2,5,7-8H2,(H2,16,17). The maximum Gasteiger partial charge on any atom is 0.393 e. The number of pyridine rings is 1. The zero-order chi connectivity index (χ0) is 13.2. The molecule has 0 radical (unpaired) electrons. The summed E-state index contributed by atoms with van der Waals surface area (Å²) in [5, 5.41) is 0. The highest BCUT2D eigenvalue weighted by molar-refractivity contribution is 5.31. The fourth-order valence-corrected chi connectivity index (χ4v) is 2.32. The minimum atomic E-state index is -4.09. The number of anilines is 1. The summed E-state index contributed by atoms with van der Waals surface area (Å²) < 4.78 is 38.0. The van der Waals surface area contributed by atoms with Gasteiger partial charge in [-0.3, -0.25) is 4.90 Å². The van der Waals surface area contributed by atoms with Crippen LogP contribution < -0.4 is 5.73 Å². The third-order valence-electron chi connectivity index (χ3n) is 3.22. The Bertz CT molecular complexity index is 406. The lowest BCUT2D eigenvalue weighted by atomic mass is 9.97. The fourth-order valence-electron chi connectivity index (χ4n) is 2.32. The van der Waals surface area contributed by atoms with Crippen molar-refractivity contribution in [3.8, 4) is 0 Å². The monoisotopic (exact) mass is 259 g/mol. The lowest BCUT2D eigenvalue weighted by molar-refractivity contribution is -0.187. The lowest BCUT2D eigenvalue weighted by Gasteiger charge is -2.33. The van der Waals surface area contributed by atoms with Gasteiger partial charge in [-0.2, -0.15) is 13.2 Å². The van der Waals surface area contributed by atoms with E-state index in [1.165, 1.54) is 0 Å². The summed E-state index contributed by atoms with van der Waals surface area (Å²) >= 11 is 0. The van der Waals surface area contributed by atoms with Crippen molar-refractivity contribution in [3.05, 3.63) is 23.9 Å². The maximum atomic E-state index is 12.7. The van der Waals surface area contributed by atoms with E-state index >= 15 is 0 Å². The van der Waals surface area contributed by atoms with E-state index in [1.54, 1.807) is 18.3 Å². The van der Waals surface area contributed by atoms with Gasteiger partial charge >= 0.3 is 6.18 Å². The van der Waals surface area contributed by atoms with Crippen LogP contribution >= 0.6 is 0 Å². The van der Waals surface area contributed by atoms with E-state index in [0.29, 0.717) is 25.3 Å². The van der Waals surface area contributed by atoms with E-state index in [1.807, 2.05) is 4.90 Å². The van der Waals surface area contributed by atoms with Crippen molar-refractivity contribution in [3.63, 3.8) is 0 Å². The largest absolute Gasteiger partial charge is 0.393 e. The highest BCUT2D eigenvalue weighted by Gasteiger charge is 2.41. The van der Waals surface area contributed by atoms with E-state index in [4.69, 9.17) is 5.73 Å². The first-order chi connectivity index (χ1) is 8.45. The van der Waals surface area contributed by atoms with Crippen LogP contribution in [0.3, 0.4) is 0 Å². The number of likely N-dealkylation sites (tertiary alicyclic amines) is 1. The summed E-state index contributed by atoms with van der Waals surface area (Å²) in [6.07, 6.45) is -1.69. The molecule has 3 nitrogen and oxygen atoms in total. The minimum Gasteiger partial charge on any atom is -0.384 e. The Morgan fingerprint density at radius 3 is 2.89 bits per heavy atom. The van der Waals surface area contributed by atoms with E-state index in [9.17, 15) is 13.2 Å². The van der Waals surface area contributed by atoms with E-state index < -0.39 is 12.1 Å². The molecule has 0 saturated carbocycles. The fraction of sp³-hybridized carbons (Fsp3) is 0.583. The average Bonchev–Trinajstić information content (AvgIpc) is 2.28. The van der Waals surface area contributed by atoms with E-state index in [-0.39, 0.29) is 13.0 Å². The molecule has 100 valence electrons. The smallest absolute Gasteiger partial charge is 0.384 e. The lowest BCUT2D eigenvalue weighted by Crippen LogP contribution is -2.41. The molecule has 0 aromatic carbocycles. The van der Waals surface area contributed by atoms with Crippen LogP contribution in [0, 0.1) is 5.92 Å². The van der Waals surface area contributed by atoms with Gasteiger partial charge in [0.1, 0.15) is 5.82 Å². The van der Waals surface area contributed by atoms with E-state index in [2.05, 4.69) is 4.98 Å². The third kappa shape index (κ3) is 3.35. The molecule has 6 heteroatoms. The van der Waals surface area contributed by atoms with Gasteiger partial charge in [0.15, 0.2) is 0 Å². The summed E-state index contributed by atoms with van der Waals surface area (Å²) in [6.45, 7) is 1.28. The van der Waals surface area contributed by atoms with Gasteiger partial charge in [-0.25, -0.2) is 4.98 Å².